The summed E-state index contributed by atoms with van der Waals surface area (Å²) in [5, 5.41) is 2.49. The van der Waals surface area contributed by atoms with Crippen molar-refractivity contribution in [3.8, 4) is 11.8 Å². The Balaban J connectivity index is 1.74. The van der Waals surface area contributed by atoms with E-state index in [9.17, 15) is 18.0 Å². The number of nitrogens with zero attached hydrogens (tertiary/aromatic N) is 3. The molecule has 1 aliphatic heterocycles. The summed E-state index contributed by atoms with van der Waals surface area (Å²) in [5.41, 5.74) is 0.826. The lowest BCUT2D eigenvalue weighted by Gasteiger charge is -2.39. The van der Waals surface area contributed by atoms with Gasteiger partial charge in [-0.25, -0.2) is 18.2 Å². The Labute approximate surface area is 206 Å². The third-order valence-electron chi connectivity index (χ3n) is 5.26. The first-order valence-electron chi connectivity index (χ1n) is 11.2. The Morgan fingerprint density at radius 1 is 1.11 bits per heavy atom. The van der Waals surface area contributed by atoms with Crippen molar-refractivity contribution >= 4 is 33.4 Å². The van der Waals surface area contributed by atoms with Crippen molar-refractivity contribution in [1.82, 2.24) is 9.29 Å². The van der Waals surface area contributed by atoms with Crippen LogP contribution in [-0.4, -0.2) is 60.9 Å². The number of ether oxygens (including phenoxy) is 1. The highest BCUT2D eigenvalue weighted by atomic mass is 32.2. The number of nitrogens with one attached hydrogen (secondary N) is 1. The number of benzene rings is 1. The molecule has 2 aromatic rings. The number of amides is 1. The number of carbonyl (C=O) groups excluding carboxylic acids is 2. The van der Waals surface area contributed by atoms with Crippen molar-refractivity contribution in [3.63, 3.8) is 0 Å². The van der Waals surface area contributed by atoms with E-state index in [4.69, 9.17) is 4.74 Å². The lowest BCUT2D eigenvalue weighted by Crippen LogP contribution is -2.54. The van der Waals surface area contributed by atoms with Gasteiger partial charge in [0.25, 0.3) is 0 Å². The molecule has 0 radical (unpaired) electrons. The molecule has 1 aromatic carbocycles. The minimum atomic E-state index is -3.82. The van der Waals surface area contributed by atoms with Crippen molar-refractivity contribution in [2.24, 2.45) is 0 Å². The Morgan fingerprint density at radius 2 is 1.80 bits per heavy atom. The van der Waals surface area contributed by atoms with Gasteiger partial charge in [-0.1, -0.05) is 5.92 Å². The van der Waals surface area contributed by atoms with E-state index >= 15 is 0 Å². The lowest BCUT2D eigenvalue weighted by atomic mass is 10.1. The first-order chi connectivity index (χ1) is 16.4. The molecule has 1 N–H and O–H groups in total. The Kier molecular flexibility index (Phi) is 7.83. The number of piperazine rings is 1. The summed E-state index contributed by atoms with van der Waals surface area (Å²) in [6.07, 6.45) is 0.545. The monoisotopic (exact) mass is 498 g/mol. The number of sulfonamides is 1. The third-order valence-corrected chi connectivity index (χ3v) is 7.11. The van der Waals surface area contributed by atoms with E-state index < -0.39 is 21.7 Å². The molecular weight excluding hydrogens is 468 g/mol. The van der Waals surface area contributed by atoms with Crippen LogP contribution in [0.5, 0.6) is 0 Å². The van der Waals surface area contributed by atoms with E-state index in [1.165, 1.54) is 29.6 Å². The van der Waals surface area contributed by atoms with E-state index in [1.54, 1.807) is 39.8 Å². The van der Waals surface area contributed by atoms with Gasteiger partial charge in [-0.05, 0) is 71.0 Å². The second kappa shape index (κ2) is 10.5. The standard InChI is InChI=1S/C25H30N4O5S/c1-6-7-21-17-28(14-15-29(21)20-10-8-19(9-11-20)18(2)30)35(32,33)22-12-13-23(26-16-22)27-24(31)34-25(3,4)5/h8-13,16,21H,14-15,17H2,1-5H3,(H,26,27,31). The number of rotatable bonds is 5. The summed E-state index contributed by atoms with van der Waals surface area (Å²) in [6.45, 7) is 9.33. The van der Waals surface area contributed by atoms with Gasteiger partial charge in [-0.15, -0.1) is 5.92 Å². The van der Waals surface area contributed by atoms with Gasteiger partial charge in [0.15, 0.2) is 5.78 Å². The zero-order valence-corrected chi connectivity index (χ0v) is 21.3. The average Bonchev–Trinajstić information content (AvgIpc) is 2.78. The smallest absolute Gasteiger partial charge is 0.413 e. The topological polar surface area (TPSA) is 109 Å². The molecule has 186 valence electrons. The number of hydrogen-bond donors (Lipinski definition) is 1. The van der Waals surface area contributed by atoms with E-state index in [0.717, 1.165) is 5.69 Å². The van der Waals surface area contributed by atoms with Crippen LogP contribution in [0.25, 0.3) is 0 Å². The molecule has 3 rings (SSSR count). The summed E-state index contributed by atoms with van der Waals surface area (Å²) < 4.78 is 33.2. The maximum Gasteiger partial charge on any atom is 0.413 e. The highest BCUT2D eigenvalue weighted by Crippen LogP contribution is 2.25. The number of anilines is 2. The summed E-state index contributed by atoms with van der Waals surface area (Å²) in [6, 6.07) is 9.70. The van der Waals surface area contributed by atoms with Crippen molar-refractivity contribution in [1.29, 1.82) is 0 Å². The number of carbonyl (C=O) groups is 2. The molecule has 10 heteroatoms. The van der Waals surface area contributed by atoms with Gasteiger partial charge >= 0.3 is 6.09 Å². The van der Waals surface area contributed by atoms with Gasteiger partial charge in [0.2, 0.25) is 10.0 Å². The fourth-order valence-corrected chi connectivity index (χ4v) is 5.01. The Morgan fingerprint density at radius 3 is 2.34 bits per heavy atom. The minimum absolute atomic E-state index is 0.0155. The van der Waals surface area contributed by atoms with Crippen LogP contribution in [0.3, 0.4) is 0 Å². The molecule has 0 bridgehead atoms. The van der Waals surface area contributed by atoms with Crippen molar-refractivity contribution < 1.29 is 22.7 Å². The molecule has 1 amide bonds. The molecule has 0 spiro atoms. The predicted molar refractivity (Wildman–Crippen MR) is 134 cm³/mol. The van der Waals surface area contributed by atoms with Gasteiger partial charge in [0.05, 0.1) is 0 Å². The summed E-state index contributed by atoms with van der Waals surface area (Å²) >= 11 is 0. The second-order valence-corrected chi connectivity index (χ2v) is 11.0. The number of hydrogen-bond acceptors (Lipinski definition) is 7. The normalized spacial score (nSPS) is 16.7. The van der Waals surface area contributed by atoms with Crippen LogP contribution in [0.1, 0.15) is 45.0 Å². The molecular formula is C25H30N4O5S. The summed E-state index contributed by atoms with van der Waals surface area (Å²) in [7, 11) is -3.82. The van der Waals surface area contributed by atoms with E-state index in [0.29, 0.717) is 12.1 Å². The molecule has 0 aliphatic carbocycles. The van der Waals surface area contributed by atoms with Crippen LogP contribution in [0, 0.1) is 11.8 Å². The number of ketones is 1. The summed E-state index contributed by atoms with van der Waals surface area (Å²) in [5.74, 6) is 6.16. The highest BCUT2D eigenvalue weighted by Gasteiger charge is 2.34. The zero-order valence-electron chi connectivity index (χ0n) is 20.5. The van der Waals surface area contributed by atoms with Gasteiger partial charge in [-0.2, -0.15) is 4.31 Å². The Hall–Kier alpha value is -3.42. The number of aromatic nitrogens is 1. The first kappa shape index (κ1) is 26.2. The highest BCUT2D eigenvalue weighted by molar-refractivity contribution is 7.89. The molecule has 0 saturated carbocycles. The molecule has 1 saturated heterocycles. The van der Waals surface area contributed by atoms with E-state index in [1.807, 2.05) is 17.0 Å². The lowest BCUT2D eigenvalue weighted by molar-refractivity contribution is 0.0635. The maximum atomic E-state index is 13.3. The van der Waals surface area contributed by atoms with Crippen LogP contribution in [0.4, 0.5) is 16.3 Å². The summed E-state index contributed by atoms with van der Waals surface area (Å²) in [4.78, 5) is 29.6. The first-order valence-corrected chi connectivity index (χ1v) is 12.6. The SMILES string of the molecule is CC#CC1CN(S(=O)(=O)c2ccc(NC(=O)OC(C)(C)C)nc2)CCN1c1ccc(C(C)=O)cc1. The third kappa shape index (κ3) is 6.59. The maximum absolute atomic E-state index is 13.3. The molecule has 35 heavy (non-hydrogen) atoms. The molecule has 1 unspecified atom stereocenters. The Bertz CT molecular complexity index is 1240. The van der Waals surface area contributed by atoms with Crippen LogP contribution >= 0.6 is 0 Å². The number of Topliss-reactive ketones (excluding diaryl/α,β-unsaturated/α-hetero) is 1. The van der Waals surface area contributed by atoms with Crippen LogP contribution in [0.2, 0.25) is 0 Å². The van der Waals surface area contributed by atoms with Crippen LogP contribution < -0.4 is 10.2 Å². The van der Waals surface area contributed by atoms with Gasteiger partial charge in [0, 0.05) is 37.1 Å². The van der Waals surface area contributed by atoms with E-state index in [2.05, 4.69) is 22.1 Å². The zero-order chi connectivity index (χ0) is 25.8. The van der Waals surface area contributed by atoms with Gasteiger partial charge < -0.3 is 9.64 Å². The second-order valence-electron chi connectivity index (χ2n) is 9.08. The molecule has 2 heterocycles. The molecule has 1 atom stereocenters. The largest absolute Gasteiger partial charge is 0.444 e. The molecule has 1 aliphatic rings. The minimum Gasteiger partial charge on any atom is -0.444 e. The quantitative estimate of drug-likeness (QED) is 0.496. The van der Waals surface area contributed by atoms with Gasteiger partial charge in [0.1, 0.15) is 22.4 Å². The number of pyridine rings is 1. The molecule has 1 fully saturated rings. The van der Waals surface area contributed by atoms with Crippen molar-refractivity contribution in [3.05, 3.63) is 48.2 Å². The molecule has 9 nitrogen and oxygen atoms in total. The van der Waals surface area contributed by atoms with Crippen molar-refractivity contribution in [2.75, 3.05) is 29.9 Å². The molecule has 1 aromatic heterocycles. The average molecular weight is 499 g/mol. The fourth-order valence-electron chi connectivity index (χ4n) is 3.63. The fraction of sp³-hybridized carbons (Fsp3) is 0.400. The van der Waals surface area contributed by atoms with Crippen molar-refractivity contribution in [2.45, 2.75) is 51.2 Å². The van der Waals surface area contributed by atoms with E-state index in [-0.39, 0.29) is 35.6 Å². The van der Waals surface area contributed by atoms with Gasteiger partial charge in [-0.3, -0.25) is 10.1 Å². The van der Waals surface area contributed by atoms with Crippen LogP contribution in [0.15, 0.2) is 47.5 Å². The predicted octanol–water partition coefficient (Wildman–Crippen LogP) is 3.53. The van der Waals surface area contributed by atoms with Crippen LogP contribution in [-0.2, 0) is 14.8 Å².